The van der Waals surface area contributed by atoms with E-state index in [1.807, 2.05) is 50.4 Å². The lowest BCUT2D eigenvalue weighted by Crippen LogP contribution is -2.18. The van der Waals surface area contributed by atoms with Gasteiger partial charge in [-0.25, -0.2) is 4.98 Å². The lowest BCUT2D eigenvalue weighted by atomic mass is 10.2. The normalized spacial score (nSPS) is 10.5. The molecule has 0 atom stereocenters. The quantitative estimate of drug-likeness (QED) is 0.932. The highest BCUT2D eigenvalue weighted by Crippen LogP contribution is 2.17. The average molecular weight is 277 g/mol. The number of benzene rings is 1. The molecule has 2 aromatic rings. The molecule has 0 bridgehead atoms. The summed E-state index contributed by atoms with van der Waals surface area (Å²) < 4.78 is 0. The Kier molecular flexibility index (Phi) is 4.40. The zero-order valence-electron chi connectivity index (χ0n) is 11.1. The molecule has 4 heteroatoms. The van der Waals surface area contributed by atoms with E-state index in [9.17, 15) is 0 Å². The first kappa shape index (κ1) is 13.8. The summed E-state index contributed by atoms with van der Waals surface area (Å²) in [5.41, 5.74) is 2.91. The van der Waals surface area contributed by atoms with Crippen molar-refractivity contribution in [2.45, 2.75) is 20.1 Å². The standard InChI is InChI=1S/C15H17ClN2O/c1-11-13(10-19)5-8-15(17-11)18(2)9-12-3-6-14(16)7-4-12/h3-8,19H,9-10H2,1-2H3. The van der Waals surface area contributed by atoms with Crippen LogP contribution in [0.15, 0.2) is 36.4 Å². The third-order valence-corrected chi connectivity index (χ3v) is 3.33. The van der Waals surface area contributed by atoms with Crippen molar-refractivity contribution in [3.63, 3.8) is 0 Å². The zero-order chi connectivity index (χ0) is 13.8. The third-order valence-electron chi connectivity index (χ3n) is 3.08. The van der Waals surface area contributed by atoms with Gasteiger partial charge in [-0.1, -0.05) is 29.8 Å². The van der Waals surface area contributed by atoms with E-state index < -0.39 is 0 Å². The minimum Gasteiger partial charge on any atom is -0.392 e. The molecular weight excluding hydrogens is 260 g/mol. The predicted octanol–water partition coefficient (Wildman–Crippen LogP) is 3.17. The second kappa shape index (κ2) is 6.04. The topological polar surface area (TPSA) is 36.4 Å². The van der Waals surface area contributed by atoms with E-state index in [4.69, 9.17) is 16.7 Å². The summed E-state index contributed by atoms with van der Waals surface area (Å²) >= 11 is 5.87. The first-order chi connectivity index (χ1) is 9.10. The third kappa shape index (κ3) is 3.46. The van der Waals surface area contributed by atoms with Crippen molar-refractivity contribution in [1.29, 1.82) is 0 Å². The summed E-state index contributed by atoms with van der Waals surface area (Å²) in [6, 6.07) is 11.6. The summed E-state index contributed by atoms with van der Waals surface area (Å²) in [7, 11) is 2.00. The van der Waals surface area contributed by atoms with E-state index in [1.165, 1.54) is 5.56 Å². The Morgan fingerprint density at radius 1 is 1.16 bits per heavy atom. The van der Waals surface area contributed by atoms with Gasteiger partial charge in [0.2, 0.25) is 0 Å². The summed E-state index contributed by atoms with van der Waals surface area (Å²) in [6.45, 7) is 2.70. The van der Waals surface area contributed by atoms with Crippen LogP contribution in [0.3, 0.4) is 0 Å². The molecule has 3 nitrogen and oxygen atoms in total. The van der Waals surface area contributed by atoms with Crippen molar-refractivity contribution in [3.05, 3.63) is 58.2 Å². The van der Waals surface area contributed by atoms with Gasteiger partial charge in [0.25, 0.3) is 0 Å². The maximum atomic E-state index is 9.14. The van der Waals surface area contributed by atoms with Crippen molar-refractivity contribution >= 4 is 17.4 Å². The Balaban J connectivity index is 2.13. The predicted molar refractivity (Wildman–Crippen MR) is 78.5 cm³/mol. The van der Waals surface area contributed by atoms with Gasteiger partial charge in [-0.3, -0.25) is 0 Å². The number of anilines is 1. The van der Waals surface area contributed by atoms with Crippen LogP contribution in [-0.2, 0) is 13.2 Å². The second-order valence-corrected chi connectivity index (χ2v) is 4.99. The van der Waals surface area contributed by atoms with E-state index in [0.29, 0.717) is 0 Å². The number of pyridine rings is 1. The van der Waals surface area contributed by atoms with Gasteiger partial charge in [0.1, 0.15) is 5.82 Å². The Morgan fingerprint density at radius 2 is 1.84 bits per heavy atom. The lowest BCUT2D eigenvalue weighted by molar-refractivity contribution is 0.280. The molecule has 1 heterocycles. The van der Waals surface area contributed by atoms with Crippen LogP contribution in [0.2, 0.25) is 5.02 Å². The fourth-order valence-corrected chi connectivity index (χ4v) is 2.03. The van der Waals surface area contributed by atoms with Crippen LogP contribution in [0, 0.1) is 6.92 Å². The lowest BCUT2D eigenvalue weighted by Gasteiger charge is -2.19. The van der Waals surface area contributed by atoms with Gasteiger partial charge in [0.05, 0.1) is 6.61 Å². The Morgan fingerprint density at radius 3 is 2.42 bits per heavy atom. The van der Waals surface area contributed by atoms with Gasteiger partial charge >= 0.3 is 0 Å². The summed E-state index contributed by atoms with van der Waals surface area (Å²) in [5.74, 6) is 0.893. The molecule has 0 aliphatic rings. The van der Waals surface area contributed by atoms with Crippen LogP contribution in [0.4, 0.5) is 5.82 Å². The minimum atomic E-state index is 0.0278. The maximum Gasteiger partial charge on any atom is 0.128 e. The smallest absolute Gasteiger partial charge is 0.128 e. The summed E-state index contributed by atoms with van der Waals surface area (Å²) in [6.07, 6.45) is 0. The molecule has 1 N–H and O–H groups in total. The van der Waals surface area contributed by atoms with Crippen molar-refractivity contribution in [2.75, 3.05) is 11.9 Å². The molecule has 0 saturated heterocycles. The van der Waals surface area contributed by atoms with Crippen LogP contribution in [0.1, 0.15) is 16.8 Å². The molecule has 0 spiro atoms. The van der Waals surface area contributed by atoms with Gasteiger partial charge in [-0.15, -0.1) is 0 Å². The second-order valence-electron chi connectivity index (χ2n) is 4.55. The molecule has 0 saturated carbocycles. The monoisotopic (exact) mass is 276 g/mol. The molecule has 0 amide bonds. The van der Waals surface area contributed by atoms with E-state index in [1.54, 1.807) is 0 Å². The Bertz CT molecular complexity index is 555. The molecule has 100 valence electrons. The van der Waals surface area contributed by atoms with Crippen LogP contribution >= 0.6 is 11.6 Å². The minimum absolute atomic E-state index is 0.0278. The van der Waals surface area contributed by atoms with Crippen molar-refractivity contribution in [1.82, 2.24) is 4.98 Å². The highest BCUT2D eigenvalue weighted by Gasteiger charge is 2.06. The molecule has 1 aromatic heterocycles. The highest BCUT2D eigenvalue weighted by molar-refractivity contribution is 6.30. The summed E-state index contributed by atoms with van der Waals surface area (Å²) in [4.78, 5) is 6.56. The van der Waals surface area contributed by atoms with Crippen molar-refractivity contribution in [3.8, 4) is 0 Å². The number of nitrogens with zero attached hydrogens (tertiary/aromatic N) is 2. The van der Waals surface area contributed by atoms with Crippen LogP contribution in [0.25, 0.3) is 0 Å². The number of hydrogen-bond acceptors (Lipinski definition) is 3. The highest BCUT2D eigenvalue weighted by atomic mass is 35.5. The first-order valence-corrected chi connectivity index (χ1v) is 6.51. The number of aromatic nitrogens is 1. The summed E-state index contributed by atoms with van der Waals surface area (Å²) in [5, 5.41) is 9.89. The van der Waals surface area contributed by atoms with E-state index in [-0.39, 0.29) is 6.61 Å². The molecule has 19 heavy (non-hydrogen) atoms. The Labute approximate surface area is 118 Å². The fraction of sp³-hybridized carbons (Fsp3) is 0.267. The van der Waals surface area contributed by atoms with Crippen LogP contribution < -0.4 is 4.90 Å². The van der Waals surface area contributed by atoms with E-state index in [0.717, 1.165) is 28.6 Å². The molecule has 0 aliphatic carbocycles. The van der Waals surface area contributed by atoms with E-state index in [2.05, 4.69) is 9.88 Å². The van der Waals surface area contributed by atoms with Crippen molar-refractivity contribution in [2.24, 2.45) is 0 Å². The van der Waals surface area contributed by atoms with Gasteiger partial charge in [0, 0.05) is 24.3 Å². The van der Waals surface area contributed by atoms with Gasteiger partial charge in [-0.2, -0.15) is 0 Å². The average Bonchev–Trinajstić information content (AvgIpc) is 2.41. The molecular formula is C15H17ClN2O. The first-order valence-electron chi connectivity index (χ1n) is 6.13. The van der Waals surface area contributed by atoms with E-state index >= 15 is 0 Å². The maximum absolute atomic E-state index is 9.14. The molecule has 1 aromatic carbocycles. The largest absolute Gasteiger partial charge is 0.392 e. The molecule has 0 fully saturated rings. The molecule has 0 radical (unpaired) electrons. The van der Waals surface area contributed by atoms with Gasteiger partial charge in [0.15, 0.2) is 0 Å². The SMILES string of the molecule is Cc1nc(N(C)Cc2ccc(Cl)cc2)ccc1CO. The number of aliphatic hydroxyl groups excluding tert-OH is 1. The van der Waals surface area contributed by atoms with Crippen molar-refractivity contribution < 1.29 is 5.11 Å². The number of rotatable bonds is 4. The van der Waals surface area contributed by atoms with Gasteiger partial charge in [-0.05, 0) is 36.2 Å². The van der Waals surface area contributed by atoms with Gasteiger partial charge < -0.3 is 10.0 Å². The number of aliphatic hydroxyl groups is 1. The number of hydrogen-bond donors (Lipinski definition) is 1. The molecule has 2 rings (SSSR count). The number of halogens is 1. The fourth-order valence-electron chi connectivity index (χ4n) is 1.90. The van der Waals surface area contributed by atoms with Crippen LogP contribution in [0.5, 0.6) is 0 Å². The number of aryl methyl sites for hydroxylation is 1. The van der Waals surface area contributed by atoms with Crippen LogP contribution in [-0.4, -0.2) is 17.1 Å². The molecule has 0 aliphatic heterocycles. The zero-order valence-corrected chi connectivity index (χ0v) is 11.9. The Hall–Kier alpha value is -1.58. The molecule has 0 unspecified atom stereocenters.